The topological polar surface area (TPSA) is 72.2 Å². The molecule has 1 heterocycles. The fourth-order valence-electron chi connectivity index (χ4n) is 4.13. The molecule has 2 aliphatic carbocycles. The van der Waals surface area contributed by atoms with E-state index < -0.39 is 0 Å². The van der Waals surface area contributed by atoms with Gasteiger partial charge in [0.05, 0.1) is 4.91 Å². The van der Waals surface area contributed by atoms with E-state index in [0.717, 1.165) is 36.4 Å². The number of carbonyl (C=O) groups is 2. The number of imide groups is 1. The molecule has 0 aromatic heterocycles. The van der Waals surface area contributed by atoms with E-state index in [1.807, 2.05) is 6.08 Å². The molecule has 3 aliphatic rings. The van der Waals surface area contributed by atoms with Gasteiger partial charge in [-0.25, -0.2) is 0 Å². The smallest absolute Gasteiger partial charge is 0.290 e. The van der Waals surface area contributed by atoms with Gasteiger partial charge in [-0.1, -0.05) is 18.9 Å². The molecule has 2 atom stereocenters. The number of rotatable bonds is 2. The first-order chi connectivity index (χ1) is 10.1. The monoisotopic (exact) mass is 308 g/mol. The van der Waals surface area contributed by atoms with Crippen molar-refractivity contribution in [1.82, 2.24) is 5.32 Å². The molecular weight excluding hydrogens is 284 g/mol. The number of nitrogens with one attached hydrogen (secondary N) is 1. The Morgan fingerprint density at radius 1 is 1.05 bits per heavy atom. The lowest BCUT2D eigenvalue weighted by molar-refractivity contribution is -0.115. The first-order valence-electron chi connectivity index (χ1n) is 8.12. The van der Waals surface area contributed by atoms with Crippen LogP contribution >= 0.6 is 11.8 Å². The van der Waals surface area contributed by atoms with E-state index in [1.54, 1.807) is 0 Å². The summed E-state index contributed by atoms with van der Waals surface area (Å²) in [6.45, 7) is 0. The summed E-state index contributed by atoms with van der Waals surface area (Å²) in [7, 11) is 0. The summed E-state index contributed by atoms with van der Waals surface area (Å²) in [6.07, 6.45) is 11.8. The molecule has 0 radical (unpaired) electrons. The third-order valence-corrected chi connectivity index (χ3v) is 6.10. The summed E-state index contributed by atoms with van der Waals surface area (Å²) in [5.41, 5.74) is 6.11. The minimum Gasteiger partial charge on any atom is -0.328 e. The third kappa shape index (κ3) is 3.69. The molecule has 2 saturated carbocycles. The van der Waals surface area contributed by atoms with E-state index in [1.165, 1.54) is 38.5 Å². The highest BCUT2D eigenvalue weighted by Crippen LogP contribution is 2.41. The van der Waals surface area contributed by atoms with Gasteiger partial charge < -0.3 is 5.73 Å². The Morgan fingerprint density at radius 2 is 1.81 bits per heavy atom. The van der Waals surface area contributed by atoms with Crippen molar-refractivity contribution in [2.24, 2.45) is 23.5 Å². The quantitative estimate of drug-likeness (QED) is 0.769. The van der Waals surface area contributed by atoms with Crippen LogP contribution in [-0.2, 0) is 4.79 Å². The van der Waals surface area contributed by atoms with Crippen LogP contribution < -0.4 is 11.1 Å². The molecule has 21 heavy (non-hydrogen) atoms. The van der Waals surface area contributed by atoms with Crippen LogP contribution in [0.25, 0.3) is 0 Å². The van der Waals surface area contributed by atoms with Crippen molar-refractivity contribution in [2.75, 3.05) is 0 Å². The Hall–Kier alpha value is -0.810. The zero-order valence-electron chi connectivity index (χ0n) is 12.3. The van der Waals surface area contributed by atoms with Gasteiger partial charge in [0.1, 0.15) is 0 Å². The summed E-state index contributed by atoms with van der Waals surface area (Å²) in [5, 5.41) is 2.08. The predicted octanol–water partition coefficient (Wildman–Crippen LogP) is 3.18. The van der Waals surface area contributed by atoms with Crippen LogP contribution in [0.15, 0.2) is 11.0 Å². The number of amides is 2. The van der Waals surface area contributed by atoms with Crippen molar-refractivity contribution in [3.63, 3.8) is 0 Å². The Balaban J connectivity index is 1.52. The van der Waals surface area contributed by atoms with E-state index in [0.29, 0.717) is 16.9 Å². The van der Waals surface area contributed by atoms with E-state index in [-0.39, 0.29) is 11.1 Å². The molecule has 2 amide bonds. The van der Waals surface area contributed by atoms with Crippen molar-refractivity contribution < 1.29 is 9.59 Å². The average Bonchev–Trinajstić information content (AvgIpc) is 2.78. The molecule has 0 bridgehead atoms. The lowest BCUT2D eigenvalue weighted by Gasteiger charge is -2.37. The van der Waals surface area contributed by atoms with Gasteiger partial charge in [-0.05, 0) is 68.0 Å². The molecule has 1 saturated heterocycles. The third-order valence-electron chi connectivity index (χ3n) is 5.27. The van der Waals surface area contributed by atoms with Crippen LogP contribution in [0.1, 0.15) is 51.4 Å². The lowest BCUT2D eigenvalue weighted by Crippen LogP contribution is -2.32. The summed E-state index contributed by atoms with van der Waals surface area (Å²) in [5.74, 6) is 1.87. The number of allylic oxidation sites excluding steroid dienone is 1. The highest BCUT2D eigenvalue weighted by molar-refractivity contribution is 8.18. The van der Waals surface area contributed by atoms with Crippen molar-refractivity contribution in [2.45, 2.75) is 57.4 Å². The highest BCUT2D eigenvalue weighted by atomic mass is 32.2. The fraction of sp³-hybridized carbons (Fsp3) is 0.750. The largest absolute Gasteiger partial charge is 0.328 e. The molecule has 3 fully saturated rings. The normalized spacial score (nSPS) is 39.6. The van der Waals surface area contributed by atoms with E-state index in [2.05, 4.69) is 5.32 Å². The van der Waals surface area contributed by atoms with Gasteiger partial charge in [0, 0.05) is 6.04 Å². The number of hydrogen-bond acceptors (Lipinski definition) is 4. The molecule has 0 aromatic carbocycles. The Kier molecular flexibility index (Phi) is 4.69. The molecule has 1 aliphatic heterocycles. The molecule has 3 N–H and O–H groups in total. The van der Waals surface area contributed by atoms with Crippen LogP contribution in [0, 0.1) is 17.8 Å². The lowest BCUT2D eigenvalue weighted by atomic mass is 9.70. The molecule has 2 unspecified atom stereocenters. The second kappa shape index (κ2) is 6.53. The van der Waals surface area contributed by atoms with Gasteiger partial charge in [0.2, 0.25) is 0 Å². The van der Waals surface area contributed by atoms with Crippen LogP contribution in [0.3, 0.4) is 0 Å². The summed E-state index contributed by atoms with van der Waals surface area (Å²) >= 11 is 1.04. The molecule has 0 spiro atoms. The Bertz CT molecular complexity index is 455. The second-order valence-corrected chi connectivity index (χ2v) is 7.75. The van der Waals surface area contributed by atoms with Gasteiger partial charge in [0.25, 0.3) is 11.1 Å². The molecule has 116 valence electrons. The van der Waals surface area contributed by atoms with Gasteiger partial charge in [-0.2, -0.15) is 0 Å². The Morgan fingerprint density at radius 3 is 2.43 bits per heavy atom. The minimum absolute atomic E-state index is 0.217. The van der Waals surface area contributed by atoms with E-state index in [4.69, 9.17) is 5.73 Å². The molecular formula is C16H24N2O2S. The van der Waals surface area contributed by atoms with Gasteiger partial charge in [-0.15, -0.1) is 0 Å². The van der Waals surface area contributed by atoms with Gasteiger partial charge >= 0.3 is 0 Å². The summed E-state index contributed by atoms with van der Waals surface area (Å²) in [6, 6.07) is 0.410. The summed E-state index contributed by atoms with van der Waals surface area (Å²) in [4.78, 5) is 23.3. The number of thioether (sulfide) groups is 1. The highest BCUT2D eigenvalue weighted by Gasteiger charge is 2.31. The first-order valence-corrected chi connectivity index (χ1v) is 8.94. The van der Waals surface area contributed by atoms with E-state index in [9.17, 15) is 9.59 Å². The number of carbonyl (C=O) groups excluding carboxylic acids is 2. The first kappa shape index (κ1) is 15.1. The van der Waals surface area contributed by atoms with Crippen LogP contribution in [0.2, 0.25) is 0 Å². The SMILES string of the molecule is NC1CCCC(C2CCC(/C=C3\SC(=O)NC3=O)CC2)C1. The van der Waals surface area contributed by atoms with Gasteiger partial charge in [0.15, 0.2) is 0 Å². The zero-order valence-corrected chi connectivity index (χ0v) is 13.2. The Labute approximate surface area is 130 Å². The van der Waals surface area contributed by atoms with Crippen LogP contribution in [-0.4, -0.2) is 17.2 Å². The van der Waals surface area contributed by atoms with Crippen molar-refractivity contribution >= 4 is 22.9 Å². The van der Waals surface area contributed by atoms with Crippen LogP contribution in [0.4, 0.5) is 4.79 Å². The molecule has 5 heteroatoms. The number of nitrogens with two attached hydrogens (primary N) is 1. The maximum atomic E-state index is 11.6. The summed E-state index contributed by atoms with van der Waals surface area (Å²) < 4.78 is 0. The molecule has 4 nitrogen and oxygen atoms in total. The number of hydrogen-bond donors (Lipinski definition) is 2. The van der Waals surface area contributed by atoms with Crippen molar-refractivity contribution in [1.29, 1.82) is 0 Å². The van der Waals surface area contributed by atoms with Crippen molar-refractivity contribution in [3.8, 4) is 0 Å². The zero-order chi connectivity index (χ0) is 14.8. The predicted molar refractivity (Wildman–Crippen MR) is 84.6 cm³/mol. The van der Waals surface area contributed by atoms with Crippen LogP contribution in [0.5, 0.6) is 0 Å². The van der Waals surface area contributed by atoms with Crippen molar-refractivity contribution in [3.05, 3.63) is 11.0 Å². The fourth-order valence-corrected chi connectivity index (χ4v) is 4.88. The molecule has 0 aromatic rings. The van der Waals surface area contributed by atoms with Gasteiger partial charge in [-0.3, -0.25) is 14.9 Å². The standard InChI is InChI=1S/C16H24N2O2S/c17-13-3-1-2-12(9-13)11-6-4-10(5-7-11)8-14-15(19)18-16(20)21-14/h8,10-13H,1-7,9,17H2,(H,18,19,20)/b14-8-. The maximum Gasteiger partial charge on any atom is 0.290 e. The minimum atomic E-state index is -0.240. The average molecular weight is 308 g/mol. The maximum absolute atomic E-state index is 11.6. The second-order valence-electron chi connectivity index (χ2n) is 6.74. The van der Waals surface area contributed by atoms with E-state index >= 15 is 0 Å². The molecule has 3 rings (SSSR count).